The third-order valence-electron chi connectivity index (χ3n) is 4.75. The van der Waals surface area contributed by atoms with Crippen LogP contribution in [0.3, 0.4) is 0 Å². The van der Waals surface area contributed by atoms with Gasteiger partial charge in [-0.25, -0.2) is 9.78 Å². The molecule has 0 aliphatic carbocycles. The number of aromatic amines is 1. The molecule has 0 saturated carbocycles. The number of nitrogens with one attached hydrogen (secondary N) is 1. The van der Waals surface area contributed by atoms with Crippen LogP contribution < -0.4 is 0 Å². The number of fused-ring (bicyclic) bond motifs is 1. The number of methoxy groups -OCH3 is 1. The number of allylic oxidation sites excluding steroid dienone is 3. The van der Waals surface area contributed by atoms with Crippen molar-refractivity contribution >= 4 is 17.0 Å². The molecule has 6 nitrogen and oxygen atoms in total. The topological polar surface area (TPSA) is 84.4 Å². The maximum absolute atomic E-state index is 12.5. The average molecular weight is 489 g/mol. The Morgan fingerprint density at radius 1 is 1.17 bits per heavy atom. The zero-order valence-electron chi connectivity index (χ0n) is 19.6. The van der Waals surface area contributed by atoms with Crippen molar-refractivity contribution in [1.29, 1.82) is 0 Å². The summed E-state index contributed by atoms with van der Waals surface area (Å²) in [4.78, 5) is 19.3. The van der Waals surface area contributed by atoms with Crippen LogP contribution in [-0.2, 0) is 20.9 Å². The van der Waals surface area contributed by atoms with Crippen molar-refractivity contribution in [2.45, 2.75) is 32.7 Å². The van der Waals surface area contributed by atoms with Crippen LogP contribution in [0.15, 0.2) is 79.1 Å². The molecule has 9 heteroatoms. The number of aromatic nitrogens is 2. The van der Waals surface area contributed by atoms with Gasteiger partial charge in [0.05, 0.1) is 18.1 Å². The van der Waals surface area contributed by atoms with Crippen molar-refractivity contribution < 1.29 is 32.5 Å². The van der Waals surface area contributed by atoms with E-state index < -0.39 is 23.8 Å². The Hall–Kier alpha value is -3.85. The summed E-state index contributed by atoms with van der Waals surface area (Å²) in [5.41, 5.74) is 2.06. The molecule has 35 heavy (non-hydrogen) atoms. The lowest BCUT2D eigenvalue weighted by molar-refractivity contribution is -0.150. The molecule has 0 fully saturated rings. The first-order valence-electron chi connectivity index (χ1n) is 10.7. The molecule has 0 spiro atoms. The van der Waals surface area contributed by atoms with Crippen LogP contribution in [-0.4, -0.2) is 34.3 Å². The molecule has 186 valence electrons. The molecule has 1 atom stereocenters. The van der Waals surface area contributed by atoms with Crippen LogP contribution in [0.2, 0.25) is 0 Å². The lowest BCUT2D eigenvalue weighted by Crippen LogP contribution is -2.14. The number of carbonyl (C=O) groups is 1. The molecule has 2 aromatic carbocycles. The van der Waals surface area contributed by atoms with E-state index in [0.717, 1.165) is 17.7 Å². The second kappa shape index (κ2) is 12.0. The van der Waals surface area contributed by atoms with E-state index in [4.69, 9.17) is 4.74 Å². The van der Waals surface area contributed by atoms with Gasteiger partial charge < -0.3 is 19.6 Å². The van der Waals surface area contributed by atoms with Gasteiger partial charge in [0.1, 0.15) is 18.2 Å². The van der Waals surface area contributed by atoms with Gasteiger partial charge in [-0.3, -0.25) is 0 Å². The van der Waals surface area contributed by atoms with Crippen LogP contribution in [0.4, 0.5) is 13.2 Å². The number of halogens is 3. The Labute approximate surface area is 201 Å². The van der Waals surface area contributed by atoms with E-state index in [1.54, 1.807) is 42.5 Å². The van der Waals surface area contributed by atoms with Crippen LogP contribution in [0, 0.1) is 0 Å². The molecule has 1 aromatic heterocycles. The maximum atomic E-state index is 12.5. The van der Waals surface area contributed by atoms with Gasteiger partial charge in [-0.05, 0) is 41.0 Å². The van der Waals surface area contributed by atoms with Crippen LogP contribution in [0.25, 0.3) is 22.2 Å². The third kappa shape index (κ3) is 7.07. The van der Waals surface area contributed by atoms with Crippen molar-refractivity contribution in [2.75, 3.05) is 7.11 Å². The summed E-state index contributed by atoms with van der Waals surface area (Å²) < 4.78 is 47.4. The van der Waals surface area contributed by atoms with E-state index in [-0.39, 0.29) is 12.4 Å². The van der Waals surface area contributed by atoms with E-state index >= 15 is 0 Å². The van der Waals surface area contributed by atoms with Crippen LogP contribution in [0.1, 0.15) is 31.3 Å². The number of rotatable bonds is 8. The molecular formula is C26H27F3N2O4. The van der Waals surface area contributed by atoms with Crippen molar-refractivity contribution in [1.82, 2.24) is 9.97 Å². The molecular weight excluding hydrogens is 461 g/mol. The number of aliphatic hydroxyl groups excluding tert-OH is 1. The highest BCUT2D eigenvalue weighted by Crippen LogP contribution is 2.31. The van der Waals surface area contributed by atoms with Crippen molar-refractivity contribution in [3.8, 4) is 11.1 Å². The van der Waals surface area contributed by atoms with Gasteiger partial charge in [-0.2, -0.15) is 13.2 Å². The third-order valence-corrected chi connectivity index (χ3v) is 4.75. The molecule has 1 unspecified atom stereocenters. The average Bonchev–Trinajstić information content (AvgIpc) is 3.27. The number of H-pyrrole nitrogens is 1. The number of alkyl halides is 3. The predicted molar refractivity (Wildman–Crippen MR) is 128 cm³/mol. The number of ether oxygens (including phenoxy) is 2. The molecule has 0 saturated heterocycles. The van der Waals surface area contributed by atoms with Gasteiger partial charge in [0.25, 0.3) is 0 Å². The first kappa shape index (κ1) is 27.4. The molecule has 2 N–H and O–H groups in total. The molecule has 3 aromatic rings. The van der Waals surface area contributed by atoms with Gasteiger partial charge in [0.2, 0.25) is 0 Å². The second-order valence-corrected chi connectivity index (χ2v) is 7.04. The predicted octanol–water partition coefficient (Wildman–Crippen LogP) is 6.17. The highest BCUT2D eigenvalue weighted by atomic mass is 19.4. The molecule has 0 amide bonds. The molecule has 3 rings (SSSR count). The van der Waals surface area contributed by atoms with Gasteiger partial charge in [0, 0.05) is 5.57 Å². The summed E-state index contributed by atoms with van der Waals surface area (Å²) in [7, 11) is 1.20. The molecule has 0 bridgehead atoms. The minimum Gasteiger partial charge on any atom is -0.486 e. The fourth-order valence-corrected chi connectivity index (χ4v) is 3.03. The highest BCUT2D eigenvalue weighted by Gasteiger charge is 2.29. The zero-order chi connectivity index (χ0) is 26.2. The van der Waals surface area contributed by atoms with Crippen molar-refractivity contribution in [3.05, 3.63) is 90.5 Å². The van der Waals surface area contributed by atoms with E-state index in [9.17, 15) is 23.1 Å². The van der Waals surface area contributed by atoms with E-state index in [0.29, 0.717) is 28.0 Å². The summed E-state index contributed by atoms with van der Waals surface area (Å²) in [6.45, 7) is 10.5. The van der Waals surface area contributed by atoms with Gasteiger partial charge in [-0.15, -0.1) is 0 Å². The fraction of sp³-hybridized carbons (Fsp3) is 0.231. The summed E-state index contributed by atoms with van der Waals surface area (Å²) in [6.07, 6.45) is -4.08. The largest absolute Gasteiger partial charge is 0.486 e. The Kier molecular flexibility index (Phi) is 9.42. The molecule has 0 aliphatic heterocycles. The van der Waals surface area contributed by atoms with Crippen molar-refractivity contribution in [3.63, 3.8) is 0 Å². The Bertz CT molecular complexity index is 1230. The van der Waals surface area contributed by atoms with E-state index in [2.05, 4.69) is 27.9 Å². The lowest BCUT2D eigenvalue weighted by atomic mass is 9.96. The minimum absolute atomic E-state index is 0.0206. The van der Waals surface area contributed by atoms with Crippen LogP contribution in [0.5, 0.6) is 0 Å². The number of aliphatic hydroxyl groups is 1. The quantitative estimate of drug-likeness (QED) is 0.225. The maximum Gasteiger partial charge on any atom is 0.415 e. The SMILES string of the molecule is C=C(/C=C\C(=C)C(F)(F)F)OCc1nc2ccc(-c3ccccc3C(O)C(=O)OC)cc2[nH]1.CC. The number of hydrogen-bond acceptors (Lipinski definition) is 5. The van der Waals surface area contributed by atoms with E-state index in [1.165, 1.54) is 7.11 Å². The zero-order valence-corrected chi connectivity index (χ0v) is 19.6. The van der Waals surface area contributed by atoms with Crippen LogP contribution >= 0.6 is 0 Å². The number of benzene rings is 2. The number of hydrogen-bond donors (Lipinski definition) is 2. The van der Waals surface area contributed by atoms with Gasteiger partial charge in [0.15, 0.2) is 6.10 Å². The molecule has 1 heterocycles. The Morgan fingerprint density at radius 2 is 1.86 bits per heavy atom. The Balaban J connectivity index is 0.00000210. The Morgan fingerprint density at radius 3 is 2.51 bits per heavy atom. The number of carbonyl (C=O) groups excluding carboxylic acids is 1. The lowest BCUT2D eigenvalue weighted by Gasteiger charge is -2.14. The van der Waals surface area contributed by atoms with Gasteiger partial charge in [-0.1, -0.05) is 57.3 Å². The number of nitrogens with zero attached hydrogens (tertiary/aromatic N) is 1. The normalized spacial score (nSPS) is 12.1. The standard InChI is InChI=1S/C24H21F3N2O4.C2H6/c1-14(24(25,26)27)8-9-15(2)33-13-21-28-19-11-10-16(12-20(19)29-21)17-6-4-5-7-18(17)22(30)23(31)32-3;1-2/h4-12,22,30H,1-2,13H2,3H3,(H,28,29);1-2H3/b9-8-;. The fourth-order valence-electron chi connectivity index (χ4n) is 3.03. The molecule has 0 aliphatic rings. The smallest absolute Gasteiger partial charge is 0.415 e. The number of esters is 1. The summed E-state index contributed by atoms with van der Waals surface area (Å²) in [5, 5.41) is 10.3. The molecule has 0 radical (unpaired) electrons. The summed E-state index contributed by atoms with van der Waals surface area (Å²) in [5.74, 6) is -0.306. The van der Waals surface area contributed by atoms with E-state index in [1.807, 2.05) is 13.8 Å². The summed E-state index contributed by atoms with van der Waals surface area (Å²) >= 11 is 0. The number of imidazole rings is 1. The minimum atomic E-state index is -4.52. The monoisotopic (exact) mass is 488 g/mol. The van der Waals surface area contributed by atoms with Crippen molar-refractivity contribution in [2.24, 2.45) is 0 Å². The first-order valence-corrected chi connectivity index (χ1v) is 10.7. The summed E-state index contributed by atoms with van der Waals surface area (Å²) in [6, 6.07) is 12.3. The highest BCUT2D eigenvalue weighted by molar-refractivity contribution is 5.85. The second-order valence-electron chi connectivity index (χ2n) is 7.04. The first-order chi connectivity index (χ1) is 16.6. The van der Waals surface area contributed by atoms with Gasteiger partial charge >= 0.3 is 12.1 Å².